The Hall–Kier alpha value is -2.04. The number of H-pyrrole nitrogens is 1. The van der Waals surface area contributed by atoms with Crippen LogP contribution >= 0.6 is 0 Å². The van der Waals surface area contributed by atoms with Gasteiger partial charge < -0.3 is 15.6 Å². The van der Waals surface area contributed by atoms with E-state index in [1.54, 1.807) is 0 Å². The highest BCUT2D eigenvalue weighted by Crippen LogP contribution is 2.24. The topological polar surface area (TPSA) is 70.3 Å². The maximum Gasteiger partial charge on any atom is 0.191 e. The molecule has 1 aromatic carbocycles. The van der Waals surface area contributed by atoms with Gasteiger partial charge in [0, 0.05) is 26.1 Å². The molecule has 0 atom stereocenters. The van der Waals surface area contributed by atoms with Gasteiger partial charge in [0.05, 0.1) is 11.0 Å². The van der Waals surface area contributed by atoms with Crippen molar-refractivity contribution in [1.29, 1.82) is 0 Å². The molecule has 100 valence electrons. The number of benzene rings is 1. The Balaban J connectivity index is 1.60. The molecule has 5 heteroatoms. The second-order valence-corrected chi connectivity index (χ2v) is 5.03. The third-order valence-corrected chi connectivity index (χ3v) is 3.52. The van der Waals surface area contributed by atoms with Crippen molar-refractivity contribution in [2.75, 3.05) is 13.6 Å². The molecule has 0 aliphatic heterocycles. The van der Waals surface area contributed by atoms with Crippen LogP contribution in [-0.4, -0.2) is 40.5 Å². The molecule has 0 unspecified atom stereocenters. The van der Waals surface area contributed by atoms with E-state index in [1.807, 2.05) is 31.3 Å². The molecule has 1 aliphatic rings. The second-order valence-electron chi connectivity index (χ2n) is 5.03. The van der Waals surface area contributed by atoms with Crippen molar-refractivity contribution in [3.63, 3.8) is 0 Å². The number of aromatic nitrogens is 2. The van der Waals surface area contributed by atoms with Gasteiger partial charge in [-0.25, -0.2) is 4.98 Å². The lowest BCUT2D eigenvalue weighted by molar-refractivity contribution is 0.487. The number of nitrogens with one attached hydrogen (secondary N) is 1. The Kier molecular flexibility index (Phi) is 3.11. The highest BCUT2D eigenvalue weighted by atomic mass is 15.3. The fourth-order valence-electron chi connectivity index (χ4n) is 2.16. The molecule has 2 aromatic rings. The van der Waals surface area contributed by atoms with Gasteiger partial charge in [0.1, 0.15) is 5.82 Å². The summed E-state index contributed by atoms with van der Waals surface area (Å²) in [5.74, 6) is 1.60. The number of guanidine groups is 1. The molecule has 1 aliphatic carbocycles. The smallest absolute Gasteiger partial charge is 0.191 e. The van der Waals surface area contributed by atoms with Crippen LogP contribution < -0.4 is 5.73 Å². The molecule has 19 heavy (non-hydrogen) atoms. The maximum absolute atomic E-state index is 5.94. The fourth-order valence-corrected chi connectivity index (χ4v) is 2.16. The minimum Gasteiger partial charge on any atom is -0.370 e. The maximum atomic E-state index is 5.94. The number of rotatable bonds is 4. The molecule has 0 spiro atoms. The van der Waals surface area contributed by atoms with E-state index in [9.17, 15) is 0 Å². The number of fused-ring (bicyclic) bond motifs is 1. The van der Waals surface area contributed by atoms with Crippen molar-refractivity contribution in [2.24, 2.45) is 10.7 Å². The zero-order valence-corrected chi connectivity index (χ0v) is 11.1. The molecule has 3 rings (SSSR count). The summed E-state index contributed by atoms with van der Waals surface area (Å²) in [6, 6.07) is 8.65. The summed E-state index contributed by atoms with van der Waals surface area (Å²) in [6.07, 6.45) is 3.25. The van der Waals surface area contributed by atoms with Gasteiger partial charge in [-0.3, -0.25) is 4.99 Å². The molecule has 3 N–H and O–H groups in total. The van der Waals surface area contributed by atoms with Gasteiger partial charge in [-0.1, -0.05) is 12.1 Å². The van der Waals surface area contributed by atoms with Gasteiger partial charge in [-0.05, 0) is 25.0 Å². The predicted molar refractivity (Wildman–Crippen MR) is 77.1 cm³/mol. The van der Waals surface area contributed by atoms with Crippen LogP contribution in [0.1, 0.15) is 18.7 Å². The Labute approximate surface area is 112 Å². The number of nitrogens with zero attached hydrogens (tertiary/aromatic N) is 3. The van der Waals surface area contributed by atoms with Crippen LogP contribution in [0.5, 0.6) is 0 Å². The molecule has 0 radical (unpaired) electrons. The molecule has 1 saturated carbocycles. The minimum atomic E-state index is 0.606. The number of imidazole rings is 1. The summed E-state index contributed by atoms with van der Waals surface area (Å²) < 4.78 is 0. The summed E-state index contributed by atoms with van der Waals surface area (Å²) >= 11 is 0. The standard InChI is InChI=1S/C14H19N5/c1-19(10-6-7-10)14(15)16-9-8-13-17-11-4-2-3-5-12(11)18-13/h2-5,10H,6-9H2,1H3,(H2,15,16)(H,17,18). The van der Waals surface area contributed by atoms with Crippen LogP contribution in [-0.2, 0) is 6.42 Å². The van der Waals surface area contributed by atoms with Crippen LogP contribution in [0.2, 0.25) is 0 Å². The van der Waals surface area contributed by atoms with E-state index in [0.717, 1.165) is 23.3 Å². The Bertz CT molecular complexity index is 564. The number of para-hydroxylation sites is 2. The van der Waals surface area contributed by atoms with Crippen molar-refractivity contribution in [3.05, 3.63) is 30.1 Å². The van der Waals surface area contributed by atoms with Gasteiger partial charge in [0.2, 0.25) is 0 Å². The average Bonchev–Trinajstić information content (AvgIpc) is 3.17. The van der Waals surface area contributed by atoms with Crippen molar-refractivity contribution in [3.8, 4) is 0 Å². The van der Waals surface area contributed by atoms with Gasteiger partial charge in [0.25, 0.3) is 0 Å². The van der Waals surface area contributed by atoms with E-state index in [1.165, 1.54) is 12.8 Å². The Morgan fingerprint density at radius 3 is 3.00 bits per heavy atom. The fraction of sp³-hybridized carbons (Fsp3) is 0.429. The van der Waals surface area contributed by atoms with Gasteiger partial charge in [-0.2, -0.15) is 0 Å². The van der Waals surface area contributed by atoms with E-state index in [0.29, 0.717) is 18.5 Å². The monoisotopic (exact) mass is 257 g/mol. The number of nitrogens with two attached hydrogens (primary N) is 1. The first-order valence-electron chi connectivity index (χ1n) is 6.70. The normalized spacial score (nSPS) is 15.9. The number of aromatic amines is 1. The van der Waals surface area contributed by atoms with Crippen molar-refractivity contribution in [2.45, 2.75) is 25.3 Å². The summed E-state index contributed by atoms with van der Waals surface area (Å²) in [7, 11) is 2.01. The van der Waals surface area contributed by atoms with Crippen LogP contribution in [0.15, 0.2) is 29.3 Å². The molecular formula is C14H19N5. The van der Waals surface area contributed by atoms with Gasteiger partial charge in [-0.15, -0.1) is 0 Å². The number of aliphatic imine (C=N–C) groups is 1. The second kappa shape index (κ2) is 4.91. The van der Waals surface area contributed by atoms with Crippen LogP contribution in [0.4, 0.5) is 0 Å². The molecule has 1 aromatic heterocycles. The third-order valence-electron chi connectivity index (χ3n) is 3.52. The number of hydrogen-bond acceptors (Lipinski definition) is 2. The van der Waals surface area contributed by atoms with Crippen molar-refractivity contribution < 1.29 is 0 Å². The summed E-state index contributed by atoms with van der Waals surface area (Å²) in [6.45, 7) is 0.669. The highest BCUT2D eigenvalue weighted by molar-refractivity contribution is 5.78. The third kappa shape index (κ3) is 2.70. The van der Waals surface area contributed by atoms with Gasteiger partial charge >= 0.3 is 0 Å². The van der Waals surface area contributed by atoms with Crippen LogP contribution in [0.3, 0.4) is 0 Å². The van der Waals surface area contributed by atoms with Crippen LogP contribution in [0.25, 0.3) is 11.0 Å². The first kappa shape index (κ1) is 12.0. The zero-order valence-electron chi connectivity index (χ0n) is 11.1. The molecule has 1 heterocycles. The summed E-state index contributed by atoms with van der Waals surface area (Å²) in [4.78, 5) is 14.3. The van der Waals surface area contributed by atoms with E-state index in [2.05, 4.69) is 19.9 Å². The summed E-state index contributed by atoms with van der Waals surface area (Å²) in [5, 5.41) is 0. The highest BCUT2D eigenvalue weighted by Gasteiger charge is 2.27. The lowest BCUT2D eigenvalue weighted by atomic mass is 10.3. The van der Waals surface area contributed by atoms with Crippen molar-refractivity contribution in [1.82, 2.24) is 14.9 Å². The molecule has 1 fully saturated rings. The van der Waals surface area contributed by atoms with E-state index < -0.39 is 0 Å². The average molecular weight is 257 g/mol. The SMILES string of the molecule is CN(C(N)=NCCc1nc2ccccc2[nH]1)C1CC1. The quantitative estimate of drug-likeness (QED) is 0.644. The molecule has 0 saturated heterocycles. The number of hydrogen-bond donors (Lipinski definition) is 2. The lowest BCUT2D eigenvalue weighted by Crippen LogP contribution is -2.35. The first-order valence-corrected chi connectivity index (χ1v) is 6.70. The van der Waals surface area contributed by atoms with E-state index in [4.69, 9.17) is 5.73 Å². The molecular weight excluding hydrogens is 238 g/mol. The largest absolute Gasteiger partial charge is 0.370 e. The van der Waals surface area contributed by atoms with Crippen LogP contribution in [0, 0.1) is 0 Å². The lowest BCUT2D eigenvalue weighted by Gasteiger charge is -2.16. The molecule has 5 nitrogen and oxygen atoms in total. The van der Waals surface area contributed by atoms with Crippen molar-refractivity contribution >= 4 is 17.0 Å². The predicted octanol–water partition coefficient (Wildman–Crippen LogP) is 1.51. The Morgan fingerprint density at radius 1 is 1.47 bits per heavy atom. The first-order chi connectivity index (χ1) is 9.24. The Morgan fingerprint density at radius 2 is 2.26 bits per heavy atom. The minimum absolute atomic E-state index is 0.606. The molecule has 0 bridgehead atoms. The van der Waals surface area contributed by atoms with E-state index in [-0.39, 0.29) is 0 Å². The van der Waals surface area contributed by atoms with E-state index >= 15 is 0 Å². The summed E-state index contributed by atoms with van der Waals surface area (Å²) in [5.41, 5.74) is 8.02. The van der Waals surface area contributed by atoms with Gasteiger partial charge in [0.15, 0.2) is 5.96 Å². The zero-order chi connectivity index (χ0) is 13.2. The molecule has 0 amide bonds.